The highest BCUT2D eigenvalue weighted by Gasteiger charge is 2.06. The fraction of sp³-hybridized carbons (Fsp3) is 0.480. The molecule has 0 saturated carbocycles. The van der Waals surface area contributed by atoms with Crippen LogP contribution in [0.2, 0.25) is 0 Å². The number of allylic oxidation sites excluding steroid dienone is 1. The second-order valence-corrected chi connectivity index (χ2v) is 7.99. The monoisotopic (exact) mass is 400 g/mol. The van der Waals surface area contributed by atoms with Crippen molar-refractivity contribution in [2.45, 2.75) is 73.1 Å². The number of rotatable bonds is 6. The van der Waals surface area contributed by atoms with E-state index in [-0.39, 0.29) is 0 Å². The molecule has 2 N–H and O–H groups in total. The fourth-order valence-corrected chi connectivity index (χ4v) is 2.99. The Balaban J connectivity index is 0.00000133. The number of benzene rings is 1. The zero-order valence-corrected chi connectivity index (χ0v) is 20.0. The maximum absolute atomic E-state index is 6.20. The molecule has 0 saturated heterocycles. The average molecular weight is 401 g/mol. The Morgan fingerprint density at radius 1 is 1.00 bits per heavy atom. The number of pyridine rings is 1. The van der Waals surface area contributed by atoms with Gasteiger partial charge in [0.15, 0.2) is 0 Å². The van der Waals surface area contributed by atoms with Crippen molar-refractivity contribution in [2.75, 3.05) is 5.75 Å². The fourth-order valence-electron chi connectivity index (χ4n) is 2.14. The van der Waals surface area contributed by atoms with Crippen molar-refractivity contribution in [1.29, 1.82) is 0 Å². The molecule has 0 aliphatic rings. The van der Waals surface area contributed by atoms with Crippen molar-refractivity contribution in [3.63, 3.8) is 0 Å². The molecule has 1 heterocycles. The van der Waals surface area contributed by atoms with Gasteiger partial charge < -0.3 is 5.73 Å². The molecule has 3 heteroatoms. The van der Waals surface area contributed by atoms with Crippen molar-refractivity contribution in [3.8, 4) is 11.3 Å². The van der Waals surface area contributed by atoms with Crippen molar-refractivity contribution in [1.82, 2.24) is 4.98 Å². The minimum atomic E-state index is 0.703. The Bertz CT molecular complexity index is 688. The van der Waals surface area contributed by atoms with Crippen LogP contribution in [0, 0.1) is 5.92 Å². The van der Waals surface area contributed by atoms with Crippen LogP contribution in [0.25, 0.3) is 17.0 Å². The Labute approximate surface area is 178 Å². The lowest BCUT2D eigenvalue weighted by Crippen LogP contribution is -2.02. The number of nitrogens with zero attached hydrogens (tertiary/aromatic N) is 1. The van der Waals surface area contributed by atoms with E-state index in [0.717, 1.165) is 34.8 Å². The van der Waals surface area contributed by atoms with Gasteiger partial charge in [-0.2, -0.15) is 0 Å². The smallest absolute Gasteiger partial charge is 0.0865 e. The van der Waals surface area contributed by atoms with E-state index in [0.29, 0.717) is 5.92 Å². The van der Waals surface area contributed by atoms with E-state index in [4.69, 9.17) is 10.7 Å². The van der Waals surface area contributed by atoms with E-state index in [2.05, 4.69) is 65.8 Å². The van der Waals surface area contributed by atoms with Gasteiger partial charge in [0.1, 0.15) is 0 Å². The van der Waals surface area contributed by atoms with Crippen LogP contribution in [-0.4, -0.2) is 10.7 Å². The van der Waals surface area contributed by atoms with Crippen LogP contribution in [-0.2, 0) is 0 Å². The summed E-state index contributed by atoms with van der Waals surface area (Å²) in [6.45, 7) is 16.9. The van der Waals surface area contributed by atoms with E-state index >= 15 is 0 Å². The lowest BCUT2D eigenvalue weighted by Gasteiger charge is -2.09. The van der Waals surface area contributed by atoms with Gasteiger partial charge in [0.25, 0.3) is 0 Å². The first-order chi connectivity index (χ1) is 13.4. The van der Waals surface area contributed by atoms with Gasteiger partial charge >= 0.3 is 0 Å². The van der Waals surface area contributed by atoms with Crippen molar-refractivity contribution in [2.24, 2.45) is 11.7 Å². The van der Waals surface area contributed by atoms with Gasteiger partial charge in [0.05, 0.1) is 17.1 Å². The summed E-state index contributed by atoms with van der Waals surface area (Å²) in [5.74, 6) is 1.85. The van der Waals surface area contributed by atoms with Crippen LogP contribution < -0.4 is 5.73 Å². The average Bonchev–Trinajstić information content (AvgIpc) is 2.73. The van der Waals surface area contributed by atoms with Crippen LogP contribution >= 0.6 is 11.8 Å². The summed E-state index contributed by atoms with van der Waals surface area (Å²) in [7, 11) is 0. The molecule has 0 bridgehead atoms. The van der Waals surface area contributed by atoms with Crippen LogP contribution in [0.4, 0.5) is 0 Å². The van der Waals surface area contributed by atoms with Gasteiger partial charge in [0, 0.05) is 16.2 Å². The molecule has 0 unspecified atom stereocenters. The predicted octanol–water partition coefficient (Wildman–Crippen LogP) is 8.04. The number of hydrogen-bond acceptors (Lipinski definition) is 3. The Hall–Kier alpha value is -1.74. The quantitative estimate of drug-likeness (QED) is 0.499. The largest absolute Gasteiger partial charge is 0.397 e. The van der Waals surface area contributed by atoms with E-state index < -0.39 is 0 Å². The molecular weight excluding hydrogens is 360 g/mol. The molecule has 28 heavy (non-hydrogen) atoms. The second kappa shape index (κ2) is 15.2. The zero-order chi connectivity index (χ0) is 21.5. The van der Waals surface area contributed by atoms with Crippen molar-refractivity contribution < 1.29 is 0 Å². The molecule has 0 aliphatic carbocycles. The van der Waals surface area contributed by atoms with Crippen LogP contribution in [0.1, 0.15) is 73.9 Å². The van der Waals surface area contributed by atoms with Gasteiger partial charge in [-0.05, 0) is 49.1 Å². The SMILES string of the molecule is CC.CC/C(C)=C(\N)c1cccc(-c2ccc(SCC(C)C)cc2)n1.CCC. The Kier molecular flexibility index (Phi) is 14.3. The first kappa shape index (κ1) is 26.3. The van der Waals surface area contributed by atoms with Gasteiger partial charge in [-0.15, -0.1) is 11.8 Å². The van der Waals surface area contributed by atoms with Gasteiger partial charge in [-0.1, -0.05) is 73.1 Å². The predicted molar refractivity (Wildman–Crippen MR) is 130 cm³/mol. The first-order valence-corrected chi connectivity index (χ1v) is 11.6. The van der Waals surface area contributed by atoms with Crippen molar-refractivity contribution in [3.05, 3.63) is 53.7 Å². The maximum Gasteiger partial charge on any atom is 0.0865 e. The molecule has 0 amide bonds. The minimum absolute atomic E-state index is 0.703. The Morgan fingerprint density at radius 3 is 2.07 bits per heavy atom. The summed E-state index contributed by atoms with van der Waals surface area (Å²) in [4.78, 5) is 6.03. The summed E-state index contributed by atoms with van der Waals surface area (Å²) in [5.41, 5.74) is 11.1. The summed E-state index contributed by atoms with van der Waals surface area (Å²) in [5, 5.41) is 0. The third-order valence-corrected chi connectivity index (χ3v) is 5.19. The normalized spacial score (nSPS) is 11.0. The van der Waals surface area contributed by atoms with Gasteiger partial charge in [-0.3, -0.25) is 0 Å². The molecule has 2 rings (SSSR count). The minimum Gasteiger partial charge on any atom is -0.397 e. The van der Waals surface area contributed by atoms with E-state index in [1.165, 1.54) is 16.9 Å². The molecule has 2 aromatic rings. The summed E-state index contributed by atoms with van der Waals surface area (Å²) in [6, 6.07) is 14.7. The lowest BCUT2D eigenvalue weighted by atomic mass is 10.1. The molecule has 0 fully saturated rings. The highest BCUT2D eigenvalue weighted by molar-refractivity contribution is 7.99. The van der Waals surface area contributed by atoms with E-state index in [1.807, 2.05) is 43.8 Å². The standard InChI is InChI=1S/C20H26N2S.C3H8.C2H6/c1-5-15(4)20(21)19-8-6-7-18(22-19)16-9-11-17(12-10-16)23-13-14(2)3;1-3-2;1-2/h6-12,14H,5,13,21H2,1-4H3;3H2,1-2H3;1-2H3/b20-15-;;. The number of aromatic nitrogens is 1. The molecule has 2 nitrogen and oxygen atoms in total. The van der Waals surface area contributed by atoms with Crippen molar-refractivity contribution >= 4 is 17.5 Å². The molecule has 0 radical (unpaired) electrons. The highest BCUT2D eigenvalue weighted by Crippen LogP contribution is 2.25. The van der Waals surface area contributed by atoms with Crippen LogP contribution in [0.5, 0.6) is 0 Å². The highest BCUT2D eigenvalue weighted by atomic mass is 32.2. The molecule has 0 atom stereocenters. The number of nitrogens with two attached hydrogens (primary N) is 1. The second-order valence-electron chi connectivity index (χ2n) is 6.89. The lowest BCUT2D eigenvalue weighted by molar-refractivity contribution is 0.750. The van der Waals surface area contributed by atoms with E-state index in [1.54, 1.807) is 0 Å². The first-order valence-electron chi connectivity index (χ1n) is 10.6. The third-order valence-electron chi connectivity index (χ3n) is 3.75. The molecule has 156 valence electrons. The summed E-state index contributed by atoms with van der Waals surface area (Å²) in [6.07, 6.45) is 2.19. The third kappa shape index (κ3) is 9.45. The molecule has 1 aromatic carbocycles. The molecular formula is C25H40N2S. The zero-order valence-electron chi connectivity index (χ0n) is 19.2. The number of thioether (sulfide) groups is 1. The number of hydrogen-bond donors (Lipinski definition) is 1. The van der Waals surface area contributed by atoms with Gasteiger partial charge in [0.2, 0.25) is 0 Å². The summed E-state index contributed by atoms with van der Waals surface area (Å²) < 4.78 is 0. The molecule has 0 spiro atoms. The van der Waals surface area contributed by atoms with E-state index in [9.17, 15) is 0 Å². The molecule has 1 aromatic heterocycles. The summed E-state index contributed by atoms with van der Waals surface area (Å²) >= 11 is 1.90. The molecule has 0 aliphatic heterocycles. The maximum atomic E-state index is 6.20. The van der Waals surface area contributed by atoms with Crippen LogP contribution in [0.3, 0.4) is 0 Å². The van der Waals surface area contributed by atoms with Crippen LogP contribution in [0.15, 0.2) is 52.9 Å². The Morgan fingerprint density at radius 2 is 1.57 bits per heavy atom. The van der Waals surface area contributed by atoms with Gasteiger partial charge in [-0.25, -0.2) is 4.98 Å². The topological polar surface area (TPSA) is 38.9 Å².